The van der Waals surface area contributed by atoms with Crippen molar-refractivity contribution in [2.45, 2.75) is 39.2 Å². The topological polar surface area (TPSA) is 15.3 Å². The van der Waals surface area contributed by atoms with Gasteiger partial charge in [0.1, 0.15) is 0 Å². The van der Waals surface area contributed by atoms with E-state index in [1.54, 1.807) is 0 Å². The van der Waals surface area contributed by atoms with Crippen LogP contribution in [0.2, 0.25) is 0 Å². The van der Waals surface area contributed by atoms with Crippen molar-refractivity contribution in [2.75, 3.05) is 27.2 Å². The summed E-state index contributed by atoms with van der Waals surface area (Å²) in [6.07, 6.45) is 3.85. The molecule has 0 aliphatic heterocycles. The van der Waals surface area contributed by atoms with Crippen molar-refractivity contribution >= 4 is 0 Å². The number of nitrogens with one attached hydrogen (secondary N) is 1. The first-order chi connectivity index (χ1) is 5.76. The number of hydrogen-bond donors (Lipinski definition) is 1. The first-order valence-corrected chi connectivity index (χ1v) is 5.11. The van der Waals surface area contributed by atoms with Gasteiger partial charge in [-0.1, -0.05) is 20.3 Å². The third-order valence-electron chi connectivity index (χ3n) is 2.40. The summed E-state index contributed by atoms with van der Waals surface area (Å²) < 4.78 is 0. The fraction of sp³-hybridized carbons (Fsp3) is 1.00. The molecule has 0 radical (unpaired) electrons. The first kappa shape index (κ1) is 11.9. The van der Waals surface area contributed by atoms with Gasteiger partial charge in [-0.05, 0) is 33.5 Å². The van der Waals surface area contributed by atoms with Crippen LogP contribution < -0.4 is 5.32 Å². The van der Waals surface area contributed by atoms with Gasteiger partial charge in [0.2, 0.25) is 0 Å². The fourth-order valence-electron chi connectivity index (χ4n) is 1.44. The van der Waals surface area contributed by atoms with Crippen molar-refractivity contribution in [3.63, 3.8) is 0 Å². The molecular weight excluding hydrogens is 148 g/mol. The van der Waals surface area contributed by atoms with E-state index in [4.69, 9.17) is 0 Å². The lowest BCUT2D eigenvalue weighted by Crippen LogP contribution is -2.39. The fourth-order valence-corrected chi connectivity index (χ4v) is 1.44. The van der Waals surface area contributed by atoms with E-state index in [9.17, 15) is 0 Å². The van der Waals surface area contributed by atoms with Gasteiger partial charge in [-0.2, -0.15) is 0 Å². The van der Waals surface area contributed by atoms with E-state index in [0.717, 1.165) is 6.54 Å². The Hall–Kier alpha value is -0.0800. The van der Waals surface area contributed by atoms with Crippen molar-refractivity contribution < 1.29 is 0 Å². The molecule has 0 aromatic carbocycles. The van der Waals surface area contributed by atoms with Crippen LogP contribution in [-0.4, -0.2) is 38.1 Å². The predicted octanol–water partition coefficient (Wildman–Crippen LogP) is 1.72. The Morgan fingerprint density at radius 3 is 2.42 bits per heavy atom. The van der Waals surface area contributed by atoms with Crippen LogP contribution >= 0.6 is 0 Å². The van der Waals surface area contributed by atoms with Gasteiger partial charge in [0.15, 0.2) is 0 Å². The zero-order valence-electron chi connectivity index (χ0n) is 9.06. The van der Waals surface area contributed by atoms with Crippen LogP contribution in [-0.2, 0) is 0 Å². The van der Waals surface area contributed by atoms with Gasteiger partial charge in [0.05, 0.1) is 0 Å². The quantitative estimate of drug-likeness (QED) is 0.629. The lowest BCUT2D eigenvalue weighted by atomic mass is 10.2. The molecule has 74 valence electrons. The summed E-state index contributed by atoms with van der Waals surface area (Å²) >= 11 is 0. The molecule has 0 saturated heterocycles. The standard InChI is InChI=1S/C10H24N2/c1-5-7-8-12(4)10(6-2)9-11-3/h10-11H,5-9H2,1-4H3. The lowest BCUT2D eigenvalue weighted by molar-refractivity contribution is 0.229. The molecule has 0 aliphatic carbocycles. The Labute approximate surface area is 77.3 Å². The van der Waals surface area contributed by atoms with Crippen LogP contribution in [0.5, 0.6) is 0 Å². The van der Waals surface area contributed by atoms with Gasteiger partial charge >= 0.3 is 0 Å². The zero-order chi connectivity index (χ0) is 9.40. The van der Waals surface area contributed by atoms with Crippen LogP contribution in [0.1, 0.15) is 33.1 Å². The maximum absolute atomic E-state index is 3.23. The highest BCUT2D eigenvalue weighted by Crippen LogP contribution is 2.02. The number of unbranched alkanes of at least 4 members (excludes halogenated alkanes) is 1. The normalized spacial score (nSPS) is 13.8. The molecule has 0 aliphatic rings. The molecular formula is C10H24N2. The van der Waals surface area contributed by atoms with Gasteiger partial charge in [-0.25, -0.2) is 0 Å². The number of rotatable bonds is 7. The summed E-state index contributed by atoms with van der Waals surface area (Å²) in [5.41, 5.74) is 0. The van der Waals surface area contributed by atoms with Gasteiger partial charge < -0.3 is 10.2 Å². The minimum absolute atomic E-state index is 0.710. The smallest absolute Gasteiger partial charge is 0.0214 e. The van der Waals surface area contributed by atoms with E-state index in [1.165, 1.54) is 25.8 Å². The molecule has 12 heavy (non-hydrogen) atoms. The molecule has 1 atom stereocenters. The Bertz CT molecular complexity index is 93.8. The van der Waals surface area contributed by atoms with E-state index in [1.807, 2.05) is 7.05 Å². The molecule has 0 aromatic rings. The summed E-state index contributed by atoms with van der Waals surface area (Å²) in [5, 5.41) is 3.23. The SMILES string of the molecule is CCCCN(C)C(CC)CNC. The van der Waals surface area contributed by atoms with Crippen molar-refractivity contribution in [3.8, 4) is 0 Å². The maximum Gasteiger partial charge on any atom is 0.0214 e. The van der Waals surface area contributed by atoms with Gasteiger partial charge in [0, 0.05) is 12.6 Å². The highest BCUT2D eigenvalue weighted by Gasteiger charge is 2.09. The van der Waals surface area contributed by atoms with E-state index in [0.29, 0.717) is 6.04 Å². The van der Waals surface area contributed by atoms with Crippen LogP contribution in [0.4, 0.5) is 0 Å². The molecule has 0 amide bonds. The van der Waals surface area contributed by atoms with Gasteiger partial charge in [0.25, 0.3) is 0 Å². The highest BCUT2D eigenvalue weighted by atomic mass is 15.1. The summed E-state index contributed by atoms with van der Waals surface area (Å²) in [4.78, 5) is 2.46. The first-order valence-electron chi connectivity index (χ1n) is 5.11. The summed E-state index contributed by atoms with van der Waals surface area (Å²) in [6, 6.07) is 0.710. The van der Waals surface area contributed by atoms with E-state index in [2.05, 4.69) is 31.1 Å². The van der Waals surface area contributed by atoms with E-state index in [-0.39, 0.29) is 0 Å². The number of likely N-dealkylation sites (N-methyl/N-ethyl adjacent to an activating group) is 2. The van der Waals surface area contributed by atoms with Crippen molar-refractivity contribution in [1.82, 2.24) is 10.2 Å². The largest absolute Gasteiger partial charge is 0.318 e. The molecule has 0 aromatic heterocycles. The van der Waals surface area contributed by atoms with Crippen molar-refractivity contribution in [1.29, 1.82) is 0 Å². The maximum atomic E-state index is 3.23. The van der Waals surface area contributed by atoms with Crippen LogP contribution in [0.15, 0.2) is 0 Å². The minimum atomic E-state index is 0.710. The summed E-state index contributed by atoms with van der Waals surface area (Å²) in [7, 11) is 4.25. The van der Waals surface area contributed by atoms with Gasteiger partial charge in [-0.3, -0.25) is 0 Å². The lowest BCUT2D eigenvalue weighted by Gasteiger charge is -2.26. The second-order valence-electron chi connectivity index (χ2n) is 3.45. The average molecular weight is 172 g/mol. The van der Waals surface area contributed by atoms with E-state index >= 15 is 0 Å². The van der Waals surface area contributed by atoms with Crippen molar-refractivity contribution in [2.24, 2.45) is 0 Å². The second kappa shape index (κ2) is 7.56. The summed E-state index contributed by atoms with van der Waals surface area (Å²) in [5.74, 6) is 0. The van der Waals surface area contributed by atoms with E-state index < -0.39 is 0 Å². The Balaban J connectivity index is 3.60. The molecule has 1 N–H and O–H groups in total. The second-order valence-corrected chi connectivity index (χ2v) is 3.45. The van der Waals surface area contributed by atoms with Crippen LogP contribution in [0, 0.1) is 0 Å². The average Bonchev–Trinajstić information content (AvgIpc) is 2.10. The molecule has 0 spiro atoms. The van der Waals surface area contributed by atoms with Gasteiger partial charge in [-0.15, -0.1) is 0 Å². The molecule has 2 nitrogen and oxygen atoms in total. The zero-order valence-corrected chi connectivity index (χ0v) is 9.06. The molecule has 0 heterocycles. The number of nitrogens with zero attached hydrogens (tertiary/aromatic N) is 1. The van der Waals surface area contributed by atoms with Crippen LogP contribution in [0.25, 0.3) is 0 Å². The Morgan fingerprint density at radius 1 is 1.33 bits per heavy atom. The molecule has 0 saturated carbocycles. The van der Waals surface area contributed by atoms with Crippen molar-refractivity contribution in [3.05, 3.63) is 0 Å². The minimum Gasteiger partial charge on any atom is -0.318 e. The molecule has 2 heteroatoms. The molecule has 0 bridgehead atoms. The Morgan fingerprint density at radius 2 is 2.00 bits per heavy atom. The predicted molar refractivity (Wildman–Crippen MR) is 55.5 cm³/mol. The Kier molecular flexibility index (Phi) is 7.51. The summed E-state index contributed by atoms with van der Waals surface area (Å²) in [6.45, 7) is 6.84. The third kappa shape index (κ3) is 4.73. The molecule has 0 rings (SSSR count). The number of hydrogen-bond acceptors (Lipinski definition) is 2. The van der Waals surface area contributed by atoms with Crippen LogP contribution in [0.3, 0.4) is 0 Å². The molecule has 0 fully saturated rings. The third-order valence-corrected chi connectivity index (χ3v) is 2.40. The highest BCUT2D eigenvalue weighted by molar-refractivity contribution is 4.68. The monoisotopic (exact) mass is 172 g/mol. The molecule has 1 unspecified atom stereocenters.